The second kappa shape index (κ2) is 6.19. The number of esters is 1. The van der Waals surface area contributed by atoms with Gasteiger partial charge in [-0.15, -0.1) is 0 Å². The highest BCUT2D eigenvalue weighted by atomic mass is 19.1. The van der Waals surface area contributed by atoms with Crippen LogP contribution in [0.3, 0.4) is 0 Å². The van der Waals surface area contributed by atoms with Crippen molar-refractivity contribution in [3.63, 3.8) is 0 Å². The number of ether oxygens (including phenoxy) is 1. The summed E-state index contributed by atoms with van der Waals surface area (Å²) < 4.78 is 32.5. The Morgan fingerprint density at radius 1 is 1.17 bits per heavy atom. The lowest BCUT2D eigenvalue weighted by Crippen LogP contribution is -2.22. The van der Waals surface area contributed by atoms with Crippen molar-refractivity contribution < 1.29 is 18.3 Å². The third-order valence-electron chi connectivity index (χ3n) is 3.61. The summed E-state index contributed by atoms with van der Waals surface area (Å²) in [6, 6.07) is 7.34. The highest BCUT2D eigenvalue weighted by molar-refractivity contribution is 5.91. The summed E-state index contributed by atoms with van der Waals surface area (Å²) in [5, 5.41) is 0.251. The standard InChI is InChI=1S/C17H12F2N2O3/c1-24-17(23)14-6-11(18)3-2-10(14)8-21-9-20-15-7-12(19)4-5-13(15)16(21)22/h2-7,9H,8H2,1H3. The summed E-state index contributed by atoms with van der Waals surface area (Å²) >= 11 is 0. The molecule has 0 fully saturated rings. The van der Waals surface area contributed by atoms with Crippen LogP contribution in [0.4, 0.5) is 8.78 Å². The summed E-state index contributed by atoms with van der Waals surface area (Å²) in [6.07, 6.45) is 1.26. The molecular formula is C17H12F2N2O3. The van der Waals surface area contributed by atoms with Crippen LogP contribution in [0.5, 0.6) is 0 Å². The van der Waals surface area contributed by atoms with E-state index in [2.05, 4.69) is 9.72 Å². The van der Waals surface area contributed by atoms with Gasteiger partial charge in [0.05, 0.1) is 36.4 Å². The SMILES string of the molecule is COC(=O)c1cc(F)ccc1Cn1cnc2cc(F)ccc2c1=O. The van der Waals surface area contributed by atoms with Crippen molar-refractivity contribution in [1.82, 2.24) is 9.55 Å². The van der Waals surface area contributed by atoms with Gasteiger partial charge in [0.1, 0.15) is 11.6 Å². The molecule has 7 heteroatoms. The maximum Gasteiger partial charge on any atom is 0.338 e. The first kappa shape index (κ1) is 15.8. The van der Waals surface area contributed by atoms with E-state index >= 15 is 0 Å². The Hall–Kier alpha value is -3.09. The van der Waals surface area contributed by atoms with E-state index in [9.17, 15) is 18.4 Å². The minimum absolute atomic E-state index is 0.00383. The summed E-state index contributed by atoms with van der Waals surface area (Å²) in [5.41, 5.74) is 0.293. The maximum atomic E-state index is 13.4. The number of benzene rings is 2. The van der Waals surface area contributed by atoms with Crippen molar-refractivity contribution in [2.75, 3.05) is 7.11 Å². The molecule has 1 heterocycles. The van der Waals surface area contributed by atoms with Gasteiger partial charge in [0.2, 0.25) is 0 Å². The third kappa shape index (κ3) is 2.88. The minimum Gasteiger partial charge on any atom is -0.465 e. The van der Waals surface area contributed by atoms with Crippen LogP contribution < -0.4 is 5.56 Å². The van der Waals surface area contributed by atoms with E-state index in [1.807, 2.05) is 0 Å². The number of aromatic nitrogens is 2. The number of hydrogen-bond donors (Lipinski definition) is 0. The smallest absolute Gasteiger partial charge is 0.338 e. The van der Waals surface area contributed by atoms with Gasteiger partial charge in [-0.25, -0.2) is 18.6 Å². The van der Waals surface area contributed by atoms with Crippen molar-refractivity contribution in [3.05, 3.63) is 75.8 Å². The molecule has 3 rings (SSSR count). The van der Waals surface area contributed by atoms with E-state index in [1.165, 1.54) is 48.3 Å². The monoisotopic (exact) mass is 330 g/mol. The second-order valence-corrected chi connectivity index (χ2v) is 5.13. The van der Waals surface area contributed by atoms with Crippen LogP contribution in [0.15, 0.2) is 47.5 Å². The molecular weight excluding hydrogens is 318 g/mol. The first-order chi connectivity index (χ1) is 11.5. The minimum atomic E-state index is -0.701. The molecule has 122 valence electrons. The van der Waals surface area contributed by atoms with Gasteiger partial charge in [0.25, 0.3) is 5.56 Å². The molecule has 0 aliphatic rings. The van der Waals surface area contributed by atoms with Gasteiger partial charge >= 0.3 is 5.97 Å². The predicted octanol–water partition coefficient (Wildman–Crippen LogP) is 2.51. The molecule has 0 radical (unpaired) electrons. The number of carbonyl (C=O) groups is 1. The van der Waals surface area contributed by atoms with Crippen LogP contribution in [-0.2, 0) is 11.3 Å². The average molecular weight is 330 g/mol. The molecule has 1 aromatic heterocycles. The van der Waals surface area contributed by atoms with Gasteiger partial charge < -0.3 is 4.74 Å². The van der Waals surface area contributed by atoms with Gasteiger partial charge in [0.15, 0.2) is 0 Å². The number of rotatable bonds is 3. The van der Waals surface area contributed by atoms with Crippen molar-refractivity contribution in [2.24, 2.45) is 0 Å². The van der Waals surface area contributed by atoms with E-state index in [0.29, 0.717) is 5.56 Å². The highest BCUT2D eigenvalue weighted by Crippen LogP contribution is 2.15. The topological polar surface area (TPSA) is 61.2 Å². The van der Waals surface area contributed by atoms with E-state index < -0.39 is 17.6 Å². The fourth-order valence-electron chi connectivity index (χ4n) is 2.41. The molecule has 0 bridgehead atoms. The first-order valence-electron chi connectivity index (χ1n) is 7.01. The summed E-state index contributed by atoms with van der Waals surface area (Å²) in [7, 11) is 1.19. The molecule has 2 aromatic carbocycles. The lowest BCUT2D eigenvalue weighted by molar-refractivity contribution is 0.0598. The lowest BCUT2D eigenvalue weighted by atomic mass is 10.1. The van der Waals surface area contributed by atoms with Gasteiger partial charge in [-0.2, -0.15) is 0 Å². The zero-order valence-corrected chi connectivity index (χ0v) is 12.6. The van der Waals surface area contributed by atoms with E-state index in [0.717, 1.165) is 6.07 Å². The van der Waals surface area contributed by atoms with Gasteiger partial charge in [0, 0.05) is 6.07 Å². The fourth-order valence-corrected chi connectivity index (χ4v) is 2.41. The molecule has 5 nitrogen and oxygen atoms in total. The zero-order chi connectivity index (χ0) is 17.3. The molecule has 3 aromatic rings. The molecule has 0 aliphatic carbocycles. The number of halogens is 2. The van der Waals surface area contributed by atoms with Gasteiger partial charge in [-0.05, 0) is 29.8 Å². The number of nitrogens with zero attached hydrogens (tertiary/aromatic N) is 2. The number of hydrogen-bond acceptors (Lipinski definition) is 4. The maximum absolute atomic E-state index is 13.4. The van der Waals surface area contributed by atoms with Crippen LogP contribution in [-0.4, -0.2) is 22.6 Å². The summed E-state index contributed by atoms with van der Waals surface area (Å²) in [6.45, 7) is 0.00383. The molecule has 0 saturated carbocycles. The van der Waals surface area contributed by atoms with Crippen LogP contribution in [0.25, 0.3) is 10.9 Å². The molecule has 0 unspecified atom stereocenters. The van der Waals surface area contributed by atoms with Crippen molar-refractivity contribution >= 4 is 16.9 Å². The Bertz CT molecular complexity index is 999. The largest absolute Gasteiger partial charge is 0.465 e. The van der Waals surface area contributed by atoms with E-state index in [4.69, 9.17) is 0 Å². The van der Waals surface area contributed by atoms with Crippen LogP contribution in [0, 0.1) is 11.6 Å². The van der Waals surface area contributed by atoms with E-state index in [-0.39, 0.29) is 28.6 Å². The quantitative estimate of drug-likeness (QED) is 0.692. The van der Waals surface area contributed by atoms with Crippen LogP contribution >= 0.6 is 0 Å². The van der Waals surface area contributed by atoms with Gasteiger partial charge in [-0.3, -0.25) is 9.36 Å². The number of fused-ring (bicyclic) bond motifs is 1. The first-order valence-corrected chi connectivity index (χ1v) is 7.01. The second-order valence-electron chi connectivity index (χ2n) is 5.13. The Kier molecular flexibility index (Phi) is 4.07. The average Bonchev–Trinajstić information content (AvgIpc) is 2.58. The fraction of sp³-hybridized carbons (Fsp3) is 0.118. The predicted molar refractivity (Wildman–Crippen MR) is 82.8 cm³/mol. The lowest BCUT2D eigenvalue weighted by Gasteiger charge is -2.10. The summed E-state index contributed by atoms with van der Waals surface area (Å²) in [5.74, 6) is -1.77. The molecule has 0 saturated heterocycles. The van der Waals surface area contributed by atoms with Crippen LogP contribution in [0.1, 0.15) is 15.9 Å². The zero-order valence-electron chi connectivity index (χ0n) is 12.6. The Morgan fingerprint density at radius 3 is 2.62 bits per heavy atom. The summed E-state index contributed by atoms with van der Waals surface area (Å²) in [4.78, 5) is 28.3. The van der Waals surface area contributed by atoms with Gasteiger partial charge in [-0.1, -0.05) is 6.07 Å². The number of methoxy groups -OCH3 is 1. The third-order valence-corrected chi connectivity index (χ3v) is 3.61. The Balaban J connectivity index is 2.08. The molecule has 0 spiro atoms. The Morgan fingerprint density at radius 2 is 1.88 bits per heavy atom. The van der Waals surface area contributed by atoms with Crippen molar-refractivity contribution in [2.45, 2.75) is 6.54 Å². The molecule has 0 N–H and O–H groups in total. The van der Waals surface area contributed by atoms with Crippen molar-refractivity contribution in [1.29, 1.82) is 0 Å². The normalized spacial score (nSPS) is 10.8. The molecule has 0 aliphatic heterocycles. The van der Waals surface area contributed by atoms with Crippen LogP contribution in [0.2, 0.25) is 0 Å². The molecule has 24 heavy (non-hydrogen) atoms. The van der Waals surface area contributed by atoms with Crippen molar-refractivity contribution in [3.8, 4) is 0 Å². The van der Waals surface area contributed by atoms with E-state index in [1.54, 1.807) is 0 Å². The number of carbonyl (C=O) groups excluding carboxylic acids is 1. The molecule has 0 amide bonds. The Labute approximate surface area is 135 Å². The highest BCUT2D eigenvalue weighted by Gasteiger charge is 2.14. The molecule has 0 atom stereocenters.